The molecule has 0 aliphatic carbocycles. The number of nitrogens with one attached hydrogen (secondary N) is 1. The Morgan fingerprint density at radius 1 is 1.26 bits per heavy atom. The minimum Gasteiger partial charge on any atom is -0.494 e. The van der Waals surface area contributed by atoms with Crippen LogP contribution < -0.4 is 10.1 Å². The lowest BCUT2D eigenvalue weighted by molar-refractivity contribution is -0.141. The second-order valence-corrected chi connectivity index (χ2v) is 5.28. The Hall–Kier alpha value is -2.37. The van der Waals surface area contributed by atoms with Crippen LogP contribution in [0.25, 0.3) is 0 Å². The van der Waals surface area contributed by atoms with Gasteiger partial charge < -0.3 is 14.8 Å². The van der Waals surface area contributed by atoms with E-state index in [1.165, 1.54) is 14.0 Å². The van der Waals surface area contributed by atoms with Gasteiger partial charge >= 0.3 is 5.97 Å². The van der Waals surface area contributed by atoms with Crippen LogP contribution in [-0.2, 0) is 14.3 Å². The monoisotopic (exact) mass is 321 g/mol. The Morgan fingerprint density at radius 2 is 2.00 bits per heavy atom. The fraction of sp³-hybridized carbons (Fsp3) is 0.471. The normalized spacial score (nSPS) is 11.4. The number of Topliss-reactive ketones (excluding diaryl/α,β-unsaturated/α-hetero) is 1. The quantitative estimate of drug-likeness (QED) is 0.428. The molecular formula is C17H23NO5. The van der Waals surface area contributed by atoms with Crippen molar-refractivity contribution in [2.45, 2.75) is 39.2 Å². The zero-order chi connectivity index (χ0) is 17.2. The van der Waals surface area contributed by atoms with Gasteiger partial charge in [0.25, 0.3) is 0 Å². The summed E-state index contributed by atoms with van der Waals surface area (Å²) in [6.45, 7) is 3.62. The third-order valence-corrected chi connectivity index (χ3v) is 3.17. The van der Waals surface area contributed by atoms with Crippen LogP contribution in [0.5, 0.6) is 5.75 Å². The molecular weight excluding hydrogens is 298 g/mol. The first-order valence-corrected chi connectivity index (χ1v) is 7.52. The van der Waals surface area contributed by atoms with Crippen LogP contribution in [0.4, 0.5) is 0 Å². The van der Waals surface area contributed by atoms with Crippen molar-refractivity contribution in [2.75, 3.05) is 13.7 Å². The number of ketones is 1. The summed E-state index contributed by atoms with van der Waals surface area (Å²) >= 11 is 0. The number of amides is 1. The maximum atomic E-state index is 11.7. The third-order valence-electron chi connectivity index (χ3n) is 3.17. The molecule has 1 amide bonds. The molecule has 0 saturated carbocycles. The van der Waals surface area contributed by atoms with Crippen molar-refractivity contribution >= 4 is 17.7 Å². The van der Waals surface area contributed by atoms with E-state index in [1.807, 2.05) is 0 Å². The molecule has 23 heavy (non-hydrogen) atoms. The molecule has 0 radical (unpaired) electrons. The van der Waals surface area contributed by atoms with Crippen molar-refractivity contribution in [3.05, 3.63) is 29.8 Å². The fourth-order valence-electron chi connectivity index (χ4n) is 1.96. The Bertz CT molecular complexity index is 556. The minimum absolute atomic E-state index is 0.0191. The van der Waals surface area contributed by atoms with Crippen molar-refractivity contribution in [1.29, 1.82) is 0 Å². The number of carbonyl (C=O) groups is 3. The summed E-state index contributed by atoms with van der Waals surface area (Å²) in [5.74, 6) is 0.0977. The maximum absolute atomic E-state index is 11.7. The van der Waals surface area contributed by atoms with Gasteiger partial charge in [-0.3, -0.25) is 14.4 Å². The van der Waals surface area contributed by atoms with E-state index < -0.39 is 0 Å². The number of esters is 1. The maximum Gasteiger partial charge on any atom is 0.307 e. The van der Waals surface area contributed by atoms with Crippen LogP contribution in [0.3, 0.4) is 0 Å². The summed E-state index contributed by atoms with van der Waals surface area (Å²) in [5.41, 5.74) is 0.594. The first-order chi connectivity index (χ1) is 10.9. The van der Waals surface area contributed by atoms with E-state index in [0.29, 0.717) is 30.8 Å². The first kappa shape index (κ1) is 18.7. The highest BCUT2D eigenvalue weighted by atomic mass is 16.5. The summed E-state index contributed by atoms with van der Waals surface area (Å²) in [5, 5.41) is 2.73. The molecule has 6 nitrogen and oxygen atoms in total. The highest BCUT2D eigenvalue weighted by molar-refractivity contribution is 5.94. The standard InChI is InChI=1S/C17H23NO5/c1-12(10-17(21)22-3)18-16(20)8-5-9-23-15-7-4-6-14(11-15)13(2)19/h4,6-7,11-12H,5,8-10H2,1-3H3,(H,18,20). The zero-order valence-electron chi connectivity index (χ0n) is 13.8. The Balaban J connectivity index is 2.26. The molecule has 1 N–H and O–H groups in total. The number of hydrogen-bond acceptors (Lipinski definition) is 5. The van der Waals surface area contributed by atoms with E-state index >= 15 is 0 Å². The summed E-state index contributed by atoms with van der Waals surface area (Å²) in [4.78, 5) is 34.1. The van der Waals surface area contributed by atoms with Gasteiger partial charge in [-0.15, -0.1) is 0 Å². The van der Waals surface area contributed by atoms with Crippen molar-refractivity contribution in [1.82, 2.24) is 5.32 Å². The SMILES string of the molecule is COC(=O)CC(C)NC(=O)CCCOc1cccc(C(C)=O)c1. The van der Waals surface area contributed by atoms with E-state index in [1.54, 1.807) is 31.2 Å². The predicted octanol–water partition coefficient (Wildman–Crippen LogP) is 2.12. The van der Waals surface area contributed by atoms with Crippen LogP contribution in [0, 0.1) is 0 Å². The zero-order valence-corrected chi connectivity index (χ0v) is 13.8. The number of carbonyl (C=O) groups excluding carboxylic acids is 3. The van der Waals surface area contributed by atoms with Gasteiger partial charge in [0.15, 0.2) is 5.78 Å². The Labute approximate surface area is 136 Å². The molecule has 1 unspecified atom stereocenters. The Kier molecular flexibility index (Phi) is 7.80. The van der Waals surface area contributed by atoms with Crippen molar-refractivity contribution in [2.24, 2.45) is 0 Å². The fourth-order valence-corrected chi connectivity index (χ4v) is 1.96. The summed E-state index contributed by atoms with van der Waals surface area (Å²) < 4.78 is 10.1. The second-order valence-electron chi connectivity index (χ2n) is 5.28. The average Bonchev–Trinajstić information content (AvgIpc) is 2.51. The number of benzene rings is 1. The summed E-state index contributed by atoms with van der Waals surface area (Å²) in [7, 11) is 1.31. The van der Waals surface area contributed by atoms with Gasteiger partial charge in [-0.2, -0.15) is 0 Å². The molecule has 1 aromatic carbocycles. The number of ether oxygens (including phenoxy) is 2. The molecule has 0 heterocycles. The Morgan fingerprint density at radius 3 is 2.65 bits per heavy atom. The van der Waals surface area contributed by atoms with Crippen LogP contribution >= 0.6 is 0 Å². The third kappa shape index (κ3) is 7.44. The smallest absolute Gasteiger partial charge is 0.307 e. The van der Waals surface area contributed by atoms with Gasteiger partial charge in [-0.05, 0) is 32.4 Å². The van der Waals surface area contributed by atoms with Crippen LogP contribution in [0.1, 0.15) is 43.5 Å². The van der Waals surface area contributed by atoms with Crippen LogP contribution in [0.2, 0.25) is 0 Å². The minimum atomic E-state index is -0.355. The molecule has 0 spiro atoms. The van der Waals surface area contributed by atoms with Crippen molar-refractivity contribution < 1.29 is 23.9 Å². The predicted molar refractivity (Wildman–Crippen MR) is 85.4 cm³/mol. The van der Waals surface area contributed by atoms with E-state index in [9.17, 15) is 14.4 Å². The topological polar surface area (TPSA) is 81.7 Å². The van der Waals surface area contributed by atoms with E-state index in [-0.39, 0.29) is 30.1 Å². The molecule has 0 aliphatic rings. The highest BCUT2D eigenvalue weighted by Crippen LogP contribution is 2.14. The first-order valence-electron chi connectivity index (χ1n) is 7.52. The van der Waals surface area contributed by atoms with Gasteiger partial charge in [0, 0.05) is 18.0 Å². The van der Waals surface area contributed by atoms with E-state index in [2.05, 4.69) is 10.1 Å². The van der Waals surface area contributed by atoms with Crippen LogP contribution in [-0.4, -0.2) is 37.4 Å². The molecule has 0 aromatic heterocycles. The van der Waals surface area contributed by atoms with E-state index in [0.717, 1.165) is 0 Å². The number of rotatable bonds is 9. The average molecular weight is 321 g/mol. The number of hydrogen-bond donors (Lipinski definition) is 1. The van der Waals surface area contributed by atoms with Crippen molar-refractivity contribution in [3.8, 4) is 5.75 Å². The lowest BCUT2D eigenvalue weighted by Crippen LogP contribution is -2.34. The van der Waals surface area contributed by atoms with Gasteiger partial charge in [0.05, 0.1) is 20.1 Å². The lowest BCUT2D eigenvalue weighted by Gasteiger charge is -2.12. The molecule has 1 atom stereocenters. The number of methoxy groups -OCH3 is 1. The van der Waals surface area contributed by atoms with E-state index in [4.69, 9.17) is 4.74 Å². The van der Waals surface area contributed by atoms with Gasteiger partial charge in [-0.1, -0.05) is 12.1 Å². The molecule has 0 bridgehead atoms. The molecule has 1 rings (SSSR count). The van der Waals surface area contributed by atoms with Gasteiger partial charge in [-0.25, -0.2) is 0 Å². The second kappa shape index (κ2) is 9.61. The molecule has 1 aromatic rings. The highest BCUT2D eigenvalue weighted by Gasteiger charge is 2.11. The molecule has 0 saturated heterocycles. The van der Waals surface area contributed by atoms with Gasteiger partial charge in [0.1, 0.15) is 5.75 Å². The summed E-state index contributed by atoms with van der Waals surface area (Å²) in [6, 6.07) is 6.67. The van der Waals surface area contributed by atoms with Gasteiger partial charge in [0.2, 0.25) is 5.91 Å². The molecule has 0 fully saturated rings. The summed E-state index contributed by atoms with van der Waals surface area (Å²) in [6.07, 6.45) is 0.996. The largest absolute Gasteiger partial charge is 0.494 e. The molecule has 0 aliphatic heterocycles. The van der Waals surface area contributed by atoms with Crippen LogP contribution in [0.15, 0.2) is 24.3 Å². The lowest BCUT2D eigenvalue weighted by atomic mass is 10.1. The van der Waals surface area contributed by atoms with Crippen molar-refractivity contribution in [3.63, 3.8) is 0 Å². The molecule has 126 valence electrons. The molecule has 6 heteroatoms.